The molecule has 16 heavy (non-hydrogen) atoms. The van der Waals surface area contributed by atoms with Crippen molar-refractivity contribution in [2.24, 2.45) is 5.73 Å². The summed E-state index contributed by atoms with van der Waals surface area (Å²) in [7, 11) is 4.39. The van der Waals surface area contributed by atoms with Crippen LogP contribution >= 0.6 is 0 Å². The van der Waals surface area contributed by atoms with E-state index in [1.807, 2.05) is 0 Å². The zero-order valence-electron chi connectivity index (χ0n) is 10.9. The van der Waals surface area contributed by atoms with Crippen LogP contribution in [0.4, 0.5) is 0 Å². The molecule has 2 fully saturated rings. The predicted octanol–water partition coefficient (Wildman–Crippen LogP) is 1.28. The summed E-state index contributed by atoms with van der Waals surface area (Å²) in [6, 6.07) is 1.83. The fourth-order valence-corrected chi connectivity index (χ4v) is 3.26. The summed E-state index contributed by atoms with van der Waals surface area (Å²) in [5, 5.41) is 0. The number of hydrogen-bond donors (Lipinski definition) is 1. The molecule has 0 aromatic rings. The summed E-state index contributed by atoms with van der Waals surface area (Å²) in [5.74, 6) is 0. The van der Waals surface area contributed by atoms with Crippen LogP contribution in [0.5, 0.6) is 0 Å². The Hall–Kier alpha value is -0.120. The average Bonchev–Trinajstić information content (AvgIpc) is 2.63. The van der Waals surface area contributed by atoms with Gasteiger partial charge in [0.25, 0.3) is 0 Å². The van der Waals surface area contributed by atoms with Crippen LogP contribution in [0, 0.1) is 0 Å². The highest BCUT2D eigenvalue weighted by atomic mass is 15.3. The van der Waals surface area contributed by atoms with Crippen molar-refractivity contribution in [1.82, 2.24) is 9.80 Å². The lowest BCUT2D eigenvalue weighted by Crippen LogP contribution is -2.47. The first-order chi connectivity index (χ1) is 7.68. The van der Waals surface area contributed by atoms with Gasteiger partial charge in [0.15, 0.2) is 0 Å². The van der Waals surface area contributed by atoms with Gasteiger partial charge in [0.05, 0.1) is 0 Å². The Morgan fingerprint density at radius 3 is 2.50 bits per heavy atom. The van der Waals surface area contributed by atoms with Gasteiger partial charge in [-0.15, -0.1) is 0 Å². The lowest BCUT2D eigenvalue weighted by molar-refractivity contribution is 0.183. The van der Waals surface area contributed by atoms with E-state index in [9.17, 15) is 0 Å². The zero-order valence-corrected chi connectivity index (χ0v) is 10.9. The molecule has 2 rings (SSSR count). The molecule has 0 spiro atoms. The van der Waals surface area contributed by atoms with E-state index in [4.69, 9.17) is 5.73 Å². The summed E-state index contributed by atoms with van der Waals surface area (Å²) in [6.45, 7) is 2.48. The monoisotopic (exact) mass is 225 g/mol. The van der Waals surface area contributed by atoms with Crippen LogP contribution in [0.25, 0.3) is 0 Å². The van der Waals surface area contributed by atoms with Crippen LogP contribution < -0.4 is 5.73 Å². The van der Waals surface area contributed by atoms with Gasteiger partial charge in [0.1, 0.15) is 0 Å². The predicted molar refractivity (Wildman–Crippen MR) is 68.5 cm³/mol. The van der Waals surface area contributed by atoms with E-state index in [0.717, 1.165) is 6.04 Å². The molecule has 0 amide bonds. The molecule has 0 aromatic carbocycles. The number of hydrogen-bond acceptors (Lipinski definition) is 3. The lowest BCUT2D eigenvalue weighted by atomic mass is 10.0. The fourth-order valence-electron chi connectivity index (χ4n) is 3.26. The van der Waals surface area contributed by atoms with Crippen molar-refractivity contribution in [3.63, 3.8) is 0 Å². The quantitative estimate of drug-likeness (QED) is 0.719. The molecule has 3 nitrogen and oxygen atoms in total. The Bertz CT molecular complexity index is 217. The first-order valence-electron chi connectivity index (χ1n) is 6.84. The summed E-state index contributed by atoms with van der Waals surface area (Å²) in [4.78, 5) is 5.02. The van der Waals surface area contributed by atoms with Gasteiger partial charge in [0.2, 0.25) is 0 Å². The molecule has 1 aliphatic heterocycles. The molecule has 2 N–H and O–H groups in total. The largest absolute Gasteiger partial charge is 0.326 e. The van der Waals surface area contributed by atoms with Crippen molar-refractivity contribution in [1.29, 1.82) is 0 Å². The minimum absolute atomic E-state index is 0.420. The Labute approximate surface area is 100.0 Å². The van der Waals surface area contributed by atoms with E-state index in [1.54, 1.807) is 0 Å². The highest BCUT2D eigenvalue weighted by molar-refractivity contribution is 4.91. The topological polar surface area (TPSA) is 32.5 Å². The summed E-state index contributed by atoms with van der Waals surface area (Å²) in [6.07, 6.45) is 7.96. The van der Waals surface area contributed by atoms with Crippen molar-refractivity contribution in [2.45, 2.75) is 56.7 Å². The van der Waals surface area contributed by atoms with Gasteiger partial charge in [0, 0.05) is 31.2 Å². The van der Waals surface area contributed by atoms with Gasteiger partial charge in [-0.1, -0.05) is 19.3 Å². The smallest absolute Gasteiger partial charge is 0.0247 e. The van der Waals surface area contributed by atoms with Gasteiger partial charge in [-0.05, 0) is 33.4 Å². The molecule has 0 radical (unpaired) electrons. The summed E-state index contributed by atoms with van der Waals surface area (Å²) in [5.41, 5.74) is 6.33. The second kappa shape index (κ2) is 5.48. The number of rotatable bonds is 2. The van der Waals surface area contributed by atoms with E-state index in [-0.39, 0.29) is 0 Å². The molecule has 0 aromatic heterocycles. The Kier molecular flexibility index (Phi) is 4.22. The van der Waals surface area contributed by atoms with Gasteiger partial charge in [-0.3, -0.25) is 4.90 Å². The van der Waals surface area contributed by atoms with E-state index in [0.29, 0.717) is 12.1 Å². The Morgan fingerprint density at radius 2 is 1.81 bits per heavy atom. The molecule has 94 valence electrons. The highest BCUT2D eigenvalue weighted by Gasteiger charge is 2.32. The van der Waals surface area contributed by atoms with E-state index >= 15 is 0 Å². The van der Waals surface area contributed by atoms with Crippen molar-refractivity contribution in [2.75, 3.05) is 27.2 Å². The molecule has 1 heterocycles. The van der Waals surface area contributed by atoms with Crippen LogP contribution in [0.3, 0.4) is 0 Å². The number of nitrogens with two attached hydrogens (primary N) is 1. The molecule has 2 aliphatic rings. The van der Waals surface area contributed by atoms with Crippen LogP contribution in [-0.4, -0.2) is 55.1 Å². The maximum absolute atomic E-state index is 6.33. The molecular formula is C13H27N3. The first kappa shape index (κ1) is 12.3. The van der Waals surface area contributed by atoms with Crippen molar-refractivity contribution < 1.29 is 0 Å². The normalized spacial score (nSPS) is 37.9. The van der Waals surface area contributed by atoms with Crippen molar-refractivity contribution in [3.8, 4) is 0 Å². The minimum Gasteiger partial charge on any atom is -0.326 e. The maximum Gasteiger partial charge on any atom is 0.0247 e. The van der Waals surface area contributed by atoms with Crippen LogP contribution in [-0.2, 0) is 0 Å². The number of likely N-dealkylation sites (N-methyl/N-ethyl adjacent to an activating group) is 1. The SMILES string of the molecule is CN(C)C1CCN(C2CCCCCC2N)C1. The Morgan fingerprint density at radius 1 is 1.06 bits per heavy atom. The third-order valence-electron chi connectivity index (χ3n) is 4.43. The van der Waals surface area contributed by atoms with Crippen molar-refractivity contribution in [3.05, 3.63) is 0 Å². The molecule has 0 bridgehead atoms. The molecule has 3 heteroatoms. The second-order valence-corrected chi connectivity index (χ2v) is 5.77. The minimum atomic E-state index is 0.420. The zero-order chi connectivity index (χ0) is 11.5. The molecular weight excluding hydrogens is 198 g/mol. The van der Waals surface area contributed by atoms with Gasteiger partial charge < -0.3 is 10.6 Å². The number of likely N-dealkylation sites (tertiary alicyclic amines) is 1. The van der Waals surface area contributed by atoms with Gasteiger partial charge in [-0.25, -0.2) is 0 Å². The van der Waals surface area contributed by atoms with Crippen LogP contribution in [0.2, 0.25) is 0 Å². The van der Waals surface area contributed by atoms with Crippen molar-refractivity contribution >= 4 is 0 Å². The Balaban J connectivity index is 1.91. The number of nitrogens with zero attached hydrogens (tertiary/aromatic N) is 2. The molecule has 1 saturated carbocycles. The second-order valence-electron chi connectivity index (χ2n) is 5.77. The third-order valence-corrected chi connectivity index (χ3v) is 4.43. The van der Waals surface area contributed by atoms with Gasteiger partial charge in [-0.2, -0.15) is 0 Å². The lowest BCUT2D eigenvalue weighted by Gasteiger charge is -2.32. The van der Waals surface area contributed by atoms with E-state index < -0.39 is 0 Å². The fraction of sp³-hybridized carbons (Fsp3) is 1.00. The maximum atomic E-state index is 6.33. The third kappa shape index (κ3) is 2.76. The molecule has 3 unspecified atom stereocenters. The van der Waals surface area contributed by atoms with Crippen LogP contribution in [0.1, 0.15) is 38.5 Å². The summed E-state index contributed by atoms with van der Waals surface area (Å²) >= 11 is 0. The standard InChI is InChI=1S/C13H27N3/c1-15(2)11-8-9-16(10-11)13-7-5-3-4-6-12(13)14/h11-13H,3-10,14H2,1-2H3. The van der Waals surface area contributed by atoms with Crippen LogP contribution in [0.15, 0.2) is 0 Å². The summed E-state index contributed by atoms with van der Waals surface area (Å²) < 4.78 is 0. The van der Waals surface area contributed by atoms with E-state index in [1.165, 1.54) is 51.6 Å². The molecule has 3 atom stereocenters. The highest BCUT2D eigenvalue weighted by Crippen LogP contribution is 2.25. The van der Waals surface area contributed by atoms with Gasteiger partial charge >= 0.3 is 0 Å². The average molecular weight is 225 g/mol. The first-order valence-corrected chi connectivity index (χ1v) is 6.84. The molecule has 1 saturated heterocycles. The molecule has 1 aliphatic carbocycles. The van der Waals surface area contributed by atoms with E-state index in [2.05, 4.69) is 23.9 Å².